The number of nitrogens with one attached hydrogen (secondary N) is 2. The van der Waals surface area contributed by atoms with E-state index in [0.29, 0.717) is 6.42 Å². The van der Waals surface area contributed by atoms with Crippen LogP contribution in [0, 0.1) is 5.92 Å². The minimum atomic E-state index is -0.491. The van der Waals surface area contributed by atoms with Crippen molar-refractivity contribution in [3.05, 3.63) is 22.4 Å². The summed E-state index contributed by atoms with van der Waals surface area (Å²) in [6.45, 7) is 3.82. The Bertz CT molecular complexity index is 390. The topological polar surface area (TPSA) is 58.2 Å². The van der Waals surface area contributed by atoms with Gasteiger partial charge in [-0.2, -0.15) is 0 Å². The summed E-state index contributed by atoms with van der Waals surface area (Å²) in [5, 5.41) is 7.37. The zero-order chi connectivity index (χ0) is 13.5. The molecule has 0 fully saturated rings. The van der Waals surface area contributed by atoms with Crippen molar-refractivity contribution in [2.75, 3.05) is 7.05 Å². The van der Waals surface area contributed by atoms with Crippen LogP contribution in [0.15, 0.2) is 17.5 Å². The summed E-state index contributed by atoms with van der Waals surface area (Å²) in [6, 6.07) is 3.42. The van der Waals surface area contributed by atoms with Crippen LogP contribution in [0.5, 0.6) is 0 Å². The molecule has 1 aromatic rings. The number of hydrogen-bond acceptors (Lipinski definition) is 3. The Labute approximate surface area is 112 Å². The van der Waals surface area contributed by atoms with Gasteiger partial charge in [0.15, 0.2) is 0 Å². The first-order valence-electron chi connectivity index (χ1n) is 6.12. The van der Waals surface area contributed by atoms with Gasteiger partial charge in [-0.15, -0.1) is 11.3 Å². The number of carbonyl (C=O) groups is 2. The van der Waals surface area contributed by atoms with Crippen molar-refractivity contribution >= 4 is 23.2 Å². The van der Waals surface area contributed by atoms with E-state index < -0.39 is 6.04 Å². The van der Waals surface area contributed by atoms with Crippen molar-refractivity contribution in [3.8, 4) is 0 Å². The smallest absolute Gasteiger partial charge is 0.242 e. The Morgan fingerprint density at radius 2 is 2.11 bits per heavy atom. The summed E-state index contributed by atoms with van der Waals surface area (Å²) in [7, 11) is 1.58. The number of thiophene rings is 1. The van der Waals surface area contributed by atoms with Gasteiger partial charge < -0.3 is 10.6 Å². The predicted molar refractivity (Wildman–Crippen MR) is 73.5 cm³/mol. The molecule has 1 rings (SSSR count). The van der Waals surface area contributed by atoms with Crippen molar-refractivity contribution in [2.24, 2.45) is 5.92 Å². The highest BCUT2D eigenvalue weighted by Gasteiger charge is 2.22. The third kappa shape index (κ3) is 4.14. The molecule has 0 radical (unpaired) electrons. The molecule has 0 bridgehead atoms. The van der Waals surface area contributed by atoms with Crippen molar-refractivity contribution in [3.63, 3.8) is 0 Å². The van der Waals surface area contributed by atoms with Gasteiger partial charge in [0.05, 0.1) is 0 Å². The van der Waals surface area contributed by atoms with Gasteiger partial charge in [-0.3, -0.25) is 9.59 Å². The molecule has 2 amide bonds. The molecule has 0 aromatic carbocycles. The van der Waals surface area contributed by atoms with E-state index in [-0.39, 0.29) is 17.7 Å². The molecular weight excluding hydrogens is 248 g/mol. The summed E-state index contributed by atoms with van der Waals surface area (Å²) in [4.78, 5) is 24.7. The summed E-state index contributed by atoms with van der Waals surface area (Å²) >= 11 is 1.59. The van der Waals surface area contributed by atoms with Crippen LogP contribution in [0.1, 0.15) is 25.1 Å². The summed E-state index contributed by atoms with van der Waals surface area (Å²) in [5.74, 6) is -0.289. The molecule has 4 nitrogen and oxygen atoms in total. The van der Waals surface area contributed by atoms with E-state index in [9.17, 15) is 9.59 Å². The van der Waals surface area contributed by atoms with Crippen LogP contribution in [0.25, 0.3) is 0 Å². The summed E-state index contributed by atoms with van der Waals surface area (Å²) < 4.78 is 0. The molecule has 5 heteroatoms. The van der Waals surface area contributed by atoms with Gasteiger partial charge in [-0.25, -0.2) is 0 Å². The lowest BCUT2D eigenvalue weighted by Gasteiger charge is -2.18. The fraction of sp³-hybridized carbons (Fsp3) is 0.538. The van der Waals surface area contributed by atoms with Crippen LogP contribution in [0.4, 0.5) is 0 Å². The second-order valence-corrected chi connectivity index (χ2v) is 5.30. The standard InChI is InChI=1S/C13H20N2O2S/c1-4-9(2)12(16)15-11(13(17)14-3)8-10-6-5-7-18-10/h5-7,9,11H,4,8H2,1-3H3,(H,14,17)(H,15,16)/t9-,11-/m0/s1. The van der Waals surface area contributed by atoms with Gasteiger partial charge in [0.25, 0.3) is 0 Å². The van der Waals surface area contributed by atoms with E-state index in [2.05, 4.69) is 10.6 Å². The fourth-order valence-electron chi connectivity index (χ4n) is 1.51. The lowest BCUT2D eigenvalue weighted by atomic mass is 10.1. The lowest BCUT2D eigenvalue weighted by Crippen LogP contribution is -2.48. The van der Waals surface area contributed by atoms with Gasteiger partial charge >= 0.3 is 0 Å². The van der Waals surface area contributed by atoms with Gasteiger partial charge in [-0.05, 0) is 17.9 Å². The maximum absolute atomic E-state index is 11.8. The Kier molecular flexibility index (Phi) is 5.85. The normalized spacial score (nSPS) is 13.7. The Morgan fingerprint density at radius 3 is 2.61 bits per heavy atom. The van der Waals surface area contributed by atoms with Crippen LogP contribution in [-0.2, 0) is 16.0 Å². The Morgan fingerprint density at radius 1 is 1.39 bits per heavy atom. The fourth-order valence-corrected chi connectivity index (χ4v) is 2.26. The van der Waals surface area contributed by atoms with Crippen molar-refractivity contribution < 1.29 is 9.59 Å². The maximum Gasteiger partial charge on any atom is 0.242 e. The minimum Gasteiger partial charge on any atom is -0.357 e. The number of rotatable bonds is 6. The van der Waals surface area contributed by atoms with Crippen LogP contribution in [-0.4, -0.2) is 24.9 Å². The highest BCUT2D eigenvalue weighted by Crippen LogP contribution is 2.12. The molecule has 100 valence electrons. The molecule has 18 heavy (non-hydrogen) atoms. The monoisotopic (exact) mass is 268 g/mol. The summed E-state index contributed by atoms with van der Waals surface area (Å²) in [6.07, 6.45) is 1.31. The molecule has 1 aromatic heterocycles. The molecule has 0 aliphatic rings. The first kappa shape index (κ1) is 14.7. The molecule has 0 spiro atoms. The van der Waals surface area contributed by atoms with Gasteiger partial charge in [-0.1, -0.05) is 19.9 Å². The lowest BCUT2D eigenvalue weighted by molar-refractivity contribution is -0.130. The highest BCUT2D eigenvalue weighted by molar-refractivity contribution is 7.09. The molecule has 2 N–H and O–H groups in total. The first-order valence-corrected chi connectivity index (χ1v) is 7.00. The number of hydrogen-bond donors (Lipinski definition) is 2. The molecule has 2 atom stereocenters. The minimum absolute atomic E-state index is 0.0670. The SMILES string of the molecule is CC[C@H](C)C(=O)N[C@@H](Cc1cccs1)C(=O)NC. The number of amides is 2. The van der Waals surface area contributed by atoms with Crippen LogP contribution >= 0.6 is 11.3 Å². The van der Waals surface area contributed by atoms with E-state index in [1.54, 1.807) is 18.4 Å². The quantitative estimate of drug-likeness (QED) is 0.822. The molecule has 0 saturated heterocycles. The largest absolute Gasteiger partial charge is 0.357 e. The predicted octanol–water partition coefficient (Wildman–Crippen LogP) is 1.57. The number of carbonyl (C=O) groups excluding carboxylic acids is 2. The van der Waals surface area contributed by atoms with Crippen molar-refractivity contribution in [1.29, 1.82) is 0 Å². The second-order valence-electron chi connectivity index (χ2n) is 4.27. The highest BCUT2D eigenvalue weighted by atomic mass is 32.1. The molecule has 1 heterocycles. The number of likely N-dealkylation sites (N-methyl/N-ethyl adjacent to an activating group) is 1. The van der Waals surface area contributed by atoms with E-state index in [0.717, 1.165) is 11.3 Å². The van der Waals surface area contributed by atoms with E-state index >= 15 is 0 Å². The molecular formula is C13H20N2O2S. The Hall–Kier alpha value is -1.36. The maximum atomic E-state index is 11.8. The second kappa shape index (κ2) is 7.16. The van der Waals surface area contributed by atoms with Gasteiger partial charge in [0.2, 0.25) is 11.8 Å². The third-order valence-electron chi connectivity index (χ3n) is 2.92. The van der Waals surface area contributed by atoms with Gasteiger partial charge in [0, 0.05) is 24.3 Å². The van der Waals surface area contributed by atoms with Crippen LogP contribution in [0.2, 0.25) is 0 Å². The molecule has 0 saturated carbocycles. The molecule has 0 unspecified atom stereocenters. The van der Waals surface area contributed by atoms with Crippen LogP contribution < -0.4 is 10.6 Å². The average Bonchev–Trinajstić information content (AvgIpc) is 2.88. The van der Waals surface area contributed by atoms with Gasteiger partial charge in [0.1, 0.15) is 6.04 Å². The average molecular weight is 268 g/mol. The molecule has 0 aliphatic heterocycles. The molecule has 0 aliphatic carbocycles. The Balaban J connectivity index is 2.67. The van der Waals surface area contributed by atoms with E-state index in [4.69, 9.17) is 0 Å². The van der Waals surface area contributed by atoms with Crippen molar-refractivity contribution in [1.82, 2.24) is 10.6 Å². The summed E-state index contributed by atoms with van der Waals surface area (Å²) in [5.41, 5.74) is 0. The van der Waals surface area contributed by atoms with Crippen LogP contribution in [0.3, 0.4) is 0 Å². The first-order chi connectivity index (χ1) is 8.58. The van der Waals surface area contributed by atoms with Crippen molar-refractivity contribution in [2.45, 2.75) is 32.7 Å². The van der Waals surface area contributed by atoms with E-state index in [1.807, 2.05) is 31.4 Å². The zero-order valence-corrected chi connectivity index (χ0v) is 11.8. The zero-order valence-electron chi connectivity index (χ0n) is 11.0. The third-order valence-corrected chi connectivity index (χ3v) is 3.82. The van der Waals surface area contributed by atoms with E-state index in [1.165, 1.54) is 0 Å².